The van der Waals surface area contributed by atoms with Crippen LogP contribution in [-0.4, -0.2) is 29.9 Å². The van der Waals surface area contributed by atoms with Crippen LogP contribution in [0.3, 0.4) is 0 Å². The van der Waals surface area contributed by atoms with E-state index in [2.05, 4.69) is 0 Å². The highest BCUT2D eigenvalue weighted by Gasteiger charge is 2.16. The van der Waals surface area contributed by atoms with Crippen LogP contribution in [0.4, 0.5) is 0 Å². The molecule has 1 N–H and O–H groups in total. The van der Waals surface area contributed by atoms with Crippen molar-refractivity contribution >= 4 is 16.9 Å². The van der Waals surface area contributed by atoms with Gasteiger partial charge in [-0.1, -0.05) is 12.1 Å². The van der Waals surface area contributed by atoms with E-state index in [1.807, 2.05) is 0 Å². The van der Waals surface area contributed by atoms with Crippen LogP contribution in [0.5, 0.6) is 11.5 Å². The third-order valence-corrected chi connectivity index (χ3v) is 3.79. The van der Waals surface area contributed by atoms with Gasteiger partial charge in [0.25, 0.3) is 0 Å². The molecule has 0 atom stereocenters. The average Bonchev–Trinajstić information content (AvgIpc) is 2.61. The number of carbonyl (C=O) groups is 1. The summed E-state index contributed by atoms with van der Waals surface area (Å²) in [4.78, 5) is 23.8. The van der Waals surface area contributed by atoms with Crippen LogP contribution in [-0.2, 0) is 0 Å². The minimum absolute atomic E-state index is 0.288. The number of carboxylic acids is 1. The molecular weight excluding hydrogens is 310 g/mol. The second-order valence-corrected chi connectivity index (χ2v) is 5.10. The highest BCUT2D eigenvalue weighted by Crippen LogP contribution is 2.30. The van der Waals surface area contributed by atoms with Crippen molar-refractivity contribution in [3.05, 3.63) is 64.4 Å². The average molecular weight is 325 g/mol. The maximum absolute atomic E-state index is 12.3. The number of para-hydroxylation sites is 1. The van der Waals surface area contributed by atoms with E-state index in [0.29, 0.717) is 28.1 Å². The fourth-order valence-corrected chi connectivity index (χ4v) is 2.62. The molecule has 0 saturated heterocycles. The predicted octanol–water partition coefficient (Wildman–Crippen LogP) is 2.71. The first-order valence-corrected chi connectivity index (χ1v) is 7.17. The highest BCUT2D eigenvalue weighted by atomic mass is 16.5. The summed E-state index contributed by atoms with van der Waals surface area (Å²) in [5.41, 5.74) is 0.476. The SMILES string of the molecule is COc1ccc(-n2cc(C(=O)O)c(=O)c3ccccc32)cc1OC. The molecule has 0 amide bonds. The molecule has 0 unspecified atom stereocenters. The zero-order valence-corrected chi connectivity index (χ0v) is 13.1. The first-order valence-electron chi connectivity index (χ1n) is 7.17. The highest BCUT2D eigenvalue weighted by molar-refractivity contribution is 5.93. The summed E-state index contributed by atoms with van der Waals surface area (Å²) in [6.45, 7) is 0. The van der Waals surface area contributed by atoms with E-state index in [1.165, 1.54) is 20.4 Å². The number of fused-ring (bicyclic) bond motifs is 1. The summed E-state index contributed by atoms with van der Waals surface area (Å²) in [6.07, 6.45) is 1.33. The van der Waals surface area contributed by atoms with Gasteiger partial charge in [0.15, 0.2) is 11.5 Å². The van der Waals surface area contributed by atoms with E-state index in [4.69, 9.17) is 9.47 Å². The second kappa shape index (κ2) is 6.08. The van der Waals surface area contributed by atoms with Crippen LogP contribution in [0, 0.1) is 0 Å². The van der Waals surface area contributed by atoms with Gasteiger partial charge in [-0.15, -0.1) is 0 Å². The fourth-order valence-electron chi connectivity index (χ4n) is 2.62. The number of hydrogen-bond donors (Lipinski definition) is 1. The van der Waals surface area contributed by atoms with E-state index in [9.17, 15) is 14.7 Å². The fraction of sp³-hybridized carbons (Fsp3) is 0.111. The van der Waals surface area contributed by atoms with Gasteiger partial charge < -0.3 is 19.1 Å². The number of ether oxygens (including phenoxy) is 2. The zero-order valence-electron chi connectivity index (χ0n) is 13.1. The van der Waals surface area contributed by atoms with Crippen molar-refractivity contribution in [3.63, 3.8) is 0 Å². The van der Waals surface area contributed by atoms with Gasteiger partial charge in [0.1, 0.15) is 5.56 Å². The number of pyridine rings is 1. The summed E-state index contributed by atoms with van der Waals surface area (Å²) in [5, 5.41) is 9.66. The van der Waals surface area contributed by atoms with E-state index in [1.54, 1.807) is 47.0 Å². The van der Waals surface area contributed by atoms with E-state index in [0.717, 1.165) is 0 Å². The maximum Gasteiger partial charge on any atom is 0.341 e. The first kappa shape index (κ1) is 15.6. The summed E-state index contributed by atoms with van der Waals surface area (Å²) >= 11 is 0. The van der Waals surface area contributed by atoms with Crippen molar-refractivity contribution in [1.29, 1.82) is 0 Å². The lowest BCUT2D eigenvalue weighted by molar-refractivity contribution is 0.0695. The molecule has 1 heterocycles. The lowest BCUT2D eigenvalue weighted by Crippen LogP contribution is -2.18. The topological polar surface area (TPSA) is 77.8 Å². The Labute approximate surface area is 137 Å². The molecule has 6 nitrogen and oxygen atoms in total. The Hall–Kier alpha value is -3.28. The molecule has 0 spiro atoms. The predicted molar refractivity (Wildman–Crippen MR) is 89.6 cm³/mol. The Bertz CT molecular complexity index is 990. The van der Waals surface area contributed by atoms with Gasteiger partial charge in [0.05, 0.1) is 19.7 Å². The van der Waals surface area contributed by atoms with Gasteiger partial charge in [0, 0.05) is 23.3 Å². The van der Waals surface area contributed by atoms with Crippen molar-refractivity contribution in [2.24, 2.45) is 0 Å². The van der Waals surface area contributed by atoms with E-state index >= 15 is 0 Å². The Balaban J connectivity index is 2.36. The van der Waals surface area contributed by atoms with Crippen LogP contribution in [0.1, 0.15) is 10.4 Å². The zero-order chi connectivity index (χ0) is 17.3. The van der Waals surface area contributed by atoms with Crippen molar-refractivity contribution in [3.8, 4) is 17.2 Å². The number of benzene rings is 2. The molecule has 0 aliphatic heterocycles. The molecule has 3 aromatic rings. The number of aromatic carboxylic acids is 1. The summed E-state index contributed by atoms with van der Waals surface area (Å²) in [7, 11) is 3.06. The molecule has 0 aliphatic carbocycles. The molecular formula is C18H15NO5. The molecule has 0 bridgehead atoms. The Morgan fingerprint density at radius 1 is 1.04 bits per heavy atom. The van der Waals surface area contributed by atoms with E-state index < -0.39 is 11.4 Å². The van der Waals surface area contributed by atoms with Gasteiger partial charge in [0.2, 0.25) is 5.43 Å². The van der Waals surface area contributed by atoms with Crippen molar-refractivity contribution in [1.82, 2.24) is 4.57 Å². The number of carboxylic acid groups (broad SMARTS) is 1. The minimum Gasteiger partial charge on any atom is -0.493 e. The molecule has 0 fully saturated rings. The maximum atomic E-state index is 12.3. The molecule has 24 heavy (non-hydrogen) atoms. The van der Waals surface area contributed by atoms with Crippen molar-refractivity contribution in [2.75, 3.05) is 14.2 Å². The lowest BCUT2D eigenvalue weighted by atomic mass is 10.1. The summed E-state index contributed by atoms with van der Waals surface area (Å²) in [5.74, 6) is -0.195. The van der Waals surface area contributed by atoms with E-state index in [-0.39, 0.29) is 5.56 Å². The number of nitrogens with zero attached hydrogens (tertiary/aromatic N) is 1. The smallest absolute Gasteiger partial charge is 0.341 e. The monoisotopic (exact) mass is 325 g/mol. The molecule has 0 radical (unpaired) electrons. The molecule has 0 aliphatic rings. The number of methoxy groups -OCH3 is 2. The Morgan fingerprint density at radius 2 is 1.75 bits per heavy atom. The van der Waals surface area contributed by atoms with Gasteiger partial charge in [-0.05, 0) is 24.3 Å². The van der Waals surface area contributed by atoms with Crippen molar-refractivity contribution < 1.29 is 19.4 Å². The van der Waals surface area contributed by atoms with Gasteiger partial charge >= 0.3 is 5.97 Å². The normalized spacial score (nSPS) is 10.6. The summed E-state index contributed by atoms with van der Waals surface area (Å²) in [6, 6.07) is 12.1. The lowest BCUT2D eigenvalue weighted by Gasteiger charge is -2.15. The van der Waals surface area contributed by atoms with Crippen LogP contribution < -0.4 is 14.9 Å². The van der Waals surface area contributed by atoms with Crippen LogP contribution in [0.25, 0.3) is 16.6 Å². The van der Waals surface area contributed by atoms with Gasteiger partial charge in [-0.2, -0.15) is 0 Å². The Kier molecular flexibility index (Phi) is 3.95. The van der Waals surface area contributed by atoms with Gasteiger partial charge in [-0.3, -0.25) is 4.79 Å². The first-order chi connectivity index (χ1) is 11.6. The quantitative estimate of drug-likeness (QED) is 0.798. The standard InChI is InChI=1S/C18H15NO5/c1-23-15-8-7-11(9-16(15)24-2)19-10-13(18(21)22)17(20)12-5-3-4-6-14(12)19/h3-10H,1-2H3,(H,21,22). The molecule has 1 aromatic heterocycles. The van der Waals surface area contributed by atoms with Crippen molar-refractivity contribution in [2.45, 2.75) is 0 Å². The van der Waals surface area contributed by atoms with Crippen LogP contribution in [0.15, 0.2) is 53.5 Å². The third kappa shape index (κ3) is 2.48. The minimum atomic E-state index is -1.26. The number of hydrogen-bond acceptors (Lipinski definition) is 4. The van der Waals surface area contributed by atoms with Crippen LogP contribution >= 0.6 is 0 Å². The molecule has 2 aromatic carbocycles. The molecule has 122 valence electrons. The molecule has 6 heteroatoms. The van der Waals surface area contributed by atoms with Crippen LogP contribution in [0.2, 0.25) is 0 Å². The Morgan fingerprint density at radius 3 is 2.42 bits per heavy atom. The molecule has 0 saturated carbocycles. The second-order valence-electron chi connectivity index (χ2n) is 5.10. The molecule has 3 rings (SSSR count). The summed E-state index contributed by atoms with van der Waals surface area (Å²) < 4.78 is 12.2. The number of rotatable bonds is 4. The number of aromatic nitrogens is 1. The van der Waals surface area contributed by atoms with Gasteiger partial charge in [-0.25, -0.2) is 4.79 Å². The largest absolute Gasteiger partial charge is 0.493 e. The third-order valence-electron chi connectivity index (χ3n) is 3.79.